The summed E-state index contributed by atoms with van der Waals surface area (Å²) in [6, 6.07) is 8.41. The second kappa shape index (κ2) is 6.20. The molecule has 0 aliphatic carbocycles. The Kier molecular flexibility index (Phi) is 4.31. The minimum atomic E-state index is 0.0978. The number of para-hydroxylation sites is 1. The van der Waals surface area contributed by atoms with E-state index in [0.717, 1.165) is 35.4 Å². The summed E-state index contributed by atoms with van der Waals surface area (Å²) in [7, 11) is 0. The molecule has 1 aliphatic heterocycles. The Bertz CT molecular complexity index is 601. The molecule has 0 saturated heterocycles. The summed E-state index contributed by atoms with van der Waals surface area (Å²) in [6.07, 6.45) is 2.89. The van der Waals surface area contributed by atoms with E-state index in [1.54, 1.807) is 0 Å². The van der Waals surface area contributed by atoms with Crippen LogP contribution in [0.15, 0.2) is 34.9 Å². The fraction of sp³-hybridized carbons (Fsp3) is 0.438. The number of rotatable bonds is 5. The van der Waals surface area contributed by atoms with Crippen molar-refractivity contribution in [2.75, 3.05) is 6.54 Å². The Labute approximate surface area is 133 Å². The third-order valence-corrected chi connectivity index (χ3v) is 4.51. The highest BCUT2D eigenvalue weighted by Gasteiger charge is 2.33. The van der Waals surface area contributed by atoms with E-state index in [1.807, 2.05) is 23.0 Å². The van der Waals surface area contributed by atoms with E-state index in [1.165, 1.54) is 5.56 Å². The highest BCUT2D eigenvalue weighted by Crippen LogP contribution is 2.36. The van der Waals surface area contributed by atoms with Gasteiger partial charge in [-0.2, -0.15) is 5.10 Å². The molecule has 2 atom stereocenters. The first-order valence-electron chi connectivity index (χ1n) is 7.43. The van der Waals surface area contributed by atoms with Crippen molar-refractivity contribution in [2.45, 2.75) is 39.0 Å². The van der Waals surface area contributed by atoms with Crippen LogP contribution in [0.5, 0.6) is 5.75 Å². The molecule has 112 valence electrons. The maximum absolute atomic E-state index is 6.18. The zero-order chi connectivity index (χ0) is 14.8. The monoisotopic (exact) mass is 349 g/mol. The lowest BCUT2D eigenvalue weighted by molar-refractivity contribution is 0.174. The van der Waals surface area contributed by atoms with Crippen LogP contribution in [0.3, 0.4) is 0 Å². The molecular weight excluding hydrogens is 330 g/mol. The molecule has 0 spiro atoms. The highest BCUT2D eigenvalue weighted by atomic mass is 79.9. The van der Waals surface area contributed by atoms with Crippen molar-refractivity contribution in [1.29, 1.82) is 0 Å². The number of aryl methyl sites for hydroxylation is 1. The molecule has 0 saturated carbocycles. The lowest BCUT2D eigenvalue weighted by Gasteiger charge is -2.25. The van der Waals surface area contributed by atoms with E-state index >= 15 is 0 Å². The van der Waals surface area contributed by atoms with E-state index in [9.17, 15) is 0 Å². The number of hydrogen-bond donors (Lipinski definition) is 1. The van der Waals surface area contributed by atoms with E-state index in [0.29, 0.717) is 0 Å². The van der Waals surface area contributed by atoms with Gasteiger partial charge in [0.05, 0.1) is 22.4 Å². The molecule has 1 N–H and O–H groups in total. The maximum atomic E-state index is 6.18. The number of benzene rings is 1. The molecule has 2 unspecified atom stereocenters. The van der Waals surface area contributed by atoms with Crippen LogP contribution in [0.2, 0.25) is 0 Å². The molecule has 0 bridgehead atoms. The molecule has 0 radical (unpaired) electrons. The molecule has 0 fully saturated rings. The number of nitrogens with zero attached hydrogens (tertiary/aromatic N) is 2. The third kappa shape index (κ3) is 2.72. The van der Waals surface area contributed by atoms with Crippen molar-refractivity contribution in [3.05, 3.63) is 46.2 Å². The van der Waals surface area contributed by atoms with Crippen LogP contribution in [0.1, 0.15) is 31.1 Å². The van der Waals surface area contributed by atoms with Crippen molar-refractivity contribution in [1.82, 2.24) is 15.1 Å². The summed E-state index contributed by atoms with van der Waals surface area (Å²) in [5.74, 6) is 1.00. The molecule has 21 heavy (non-hydrogen) atoms. The van der Waals surface area contributed by atoms with Gasteiger partial charge in [-0.05, 0) is 41.0 Å². The van der Waals surface area contributed by atoms with Crippen LogP contribution in [0.4, 0.5) is 0 Å². The second-order valence-corrected chi connectivity index (χ2v) is 6.05. The lowest BCUT2D eigenvalue weighted by atomic mass is 10.0. The van der Waals surface area contributed by atoms with Gasteiger partial charge in [-0.25, -0.2) is 0 Å². The Balaban J connectivity index is 1.91. The van der Waals surface area contributed by atoms with Gasteiger partial charge in [-0.15, -0.1) is 0 Å². The normalized spacial score (nSPS) is 18.3. The SMILES string of the molecule is CCNC(c1c(Br)cnn1CC)C1Cc2ccccc2O1. The van der Waals surface area contributed by atoms with E-state index in [-0.39, 0.29) is 12.1 Å². The van der Waals surface area contributed by atoms with Gasteiger partial charge >= 0.3 is 0 Å². The summed E-state index contributed by atoms with van der Waals surface area (Å²) >= 11 is 3.63. The molecule has 1 aromatic heterocycles. The second-order valence-electron chi connectivity index (χ2n) is 5.20. The van der Waals surface area contributed by atoms with Gasteiger partial charge in [-0.1, -0.05) is 25.1 Å². The largest absolute Gasteiger partial charge is 0.488 e. The first kappa shape index (κ1) is 14.6. The first-order valence-corrected chi connectivity index (χ1v) is 8.23. The molecule has 5 heteroatoms. The van der Waals surface area contributed by atoms with Gasteiger partial charge in [0.25, 0.3) is 0 Å². The van der Waals surface area contributed by atoms with E-state index in [2.05, 4.69) is 52.3 Å². The summed E-state index contributed by atoms with van der Waals surface area (Å²) in [5.41, 5.74) is 2.45. The average Bonchev–Trinajstić information content (AvgIpc) is 3.08. The lowest BCUT2D eigenvalue weighted by Crippen LogP contribution is -2.36. The number of fused-ring (bicyclic) bond motifs is 1. The number of ether oxygens (including phenoxy) is 1. The molecule has 0 amide bonds. The van der Waals surface area contributed by atoms with Crippen molar-refractivity contribution in [3.8, 4) is 5.75 Å². The fourth-order valence-corrected chi connectivity index (χ4v) is 3.49. The Morgan fingerprint density at radius 1 is 1.43 bits per heavy atom. The number of aromatic nitrogens is 2. The van der Waals surface area contributed by atoms with E-state index < -0.39 is 0 Å². The zero-order valence-corrected chi connectivity index (χ0v) is 13.9. The topological polar surface area (TPSA) is 39.1 Å². The Morgan fingerprint density at radius 3 is 2.95 bits per heavy atom. The molecule has 1 aromatic carbocycles. The molecule has 2 aromatic rings. The standard InChI is InChI=1S/C16H20BrN3O/c1-3-18-15(16-12(17)10-19-20(16)4-2)14-9-11-7-5-6-8-13(11)21-14/h5-8,10,14-15,18H,3-4,9H2,1-2H3. The van der Waals surface area contributed by atoms with Crippen molar-refractivity contribution in [2.24, 2.45) is 0 Å². The minimum Gasteiger partial charge on any atom is -0.488 e. The quantitative estimate of drug-likeness (QED) is 0.899. The van der Waals surface area contributed by atoms with Gasteiger partial charge in [-0.3, -0.25) is 4.68 Å². The third-order valence-electron chi connectivity index (χ3n) is 3.90. The number of halogens is 1. The predicted octanol–water partition coefficient (Wildman–Crippen LogP) is 3.32. The number of nitrogens with one attached hydrogen (secondary N) is 1. The molecule has 4 nitrogen and oxygen atoms in total. The molecule has 1 aliphatic rings. The number of hydrogen-bond acceptors (Lipinski definition) is 3. The number of likely N-dealkylation sites (N-methyl/N-ethyl adjacent to an activating group) is 1. The molecular formula is C16H20BrN3O. The van der Waals surface area contributed by atoms with Crippen molar-refractivity contribution >= 4 is 15.9 Å². The smallest absolute Gasteiger partial charge is 0.124 e. The van der Waals surface area contributed by atoms with E-state index in [4.69, 9.17) is 4.74 Å². The van der Waals surface area contributed by atoms with Crippen LogP contribution in [-0.4, -0.2) is 22.4 Å². The summed E-state index contributed by atoms with van der Waals surface area (Å²) in [6.45, 7) is 5.97. The van der Waals surface area contributed by atoms with Gasteiger partial charge in [0.2, 0.25) is 0 Å². The van der Waals surface area contributed by atoms with Crippen molar-refractivity contribution in [3.63, 3.8) is 0 Å². The highest BCUT2D eigenvalue weighted by molar-refractivity contribution is 9.10. The first-order chi connectivity index (χ1) is 10.2. The zero-order valence-electron chi connectivity index (χ0n) is 12.3. The van der Waals surface area contributed by atoms with Gasteiger partial charge in [0, 0.05) is 13.0 Å². The van der Waals surface area contributed by atoms with Crippen LogP contribution in [-0.2, 0) is 13.0 Å². The maximum Gasteiger partial charge on any atom is 0.124 e. The van der Waals surface area contributed by atoms with Crippen molar-refractivity contribution < 1.29 is 4.74 Å². The summed E-state index contributed by atoms with van der Waals surface area (Å²) in [5, 5.41) is 7.99. The summed E-state index contributed by atoms with van der Waals surface area (Å²) < 4.78 is 9.24. The predicted molar refractivity (Wildman–Crippen MR) is 86.6 cm³/mol. The summed E-state index contributed by atoms with van der Waals surface area (Å²) in [4.78, 5) is 0. The Morgan fingerprint density at radius 2 is 2.24 bits per heavy atom. The van der Waals surface area contributed by atoms with Crippen LogP contribution >= 0.6 is 15.9 Å². The molecule has 3 rings (SSSR count). The fourth-order valence-electron chi connectivity index (χ4n) is 2.95. The van der Waals surface area contributed by atoms with Gasteiger partial charge in [0.15, 0.2) is 0 Å². The Hall–Kier alpha value is -1.33. The van der Waals surface area contributed by atoms with Crippen LogP contribution < -0.4 is 10.1 Å². The molecule has 2 heterocycles. The van der Waals surface area contributed by atoms with Crippen LogP contribution in [0, 0.1) is 0 Å². The van der Waals surface area contributed by atoms with Gasteiger partial charge in [0.1, 0.15) is 11.9 Å². The van der Waals surface area contributed by atoms with Crippen LogP contribution in [0.25, 0.3) is 0 Å². The van der Waals surface area contributed by atoms with Gasteiger partial charge < -0.3 is 10.1 Å². The average molecular weight is 350 g/mol. The minimum absolute atomic E-state index is 0.0978.